The molecule has 1 rings (SSSR count). The molecule has 6 heteroatoms. The molecule has 0 aliphatic carbocycles. The van der Waals surface area contributed by atoms with Gasteiger partial charge < -0.3 is 10.4 Å². The largest absolute Gasteiger partial charge is 0.480 e. The van der Waals surface area contributed by atoms with Crippen LogP contribution in [0.2, 0.25) is 0 Å². The Morgan fingerprint density at radius 2 is 2.39 bits per heavy atom. The van der Waals surface area contributed by atoms with Crippen molar-refractivity contribution in [1.82, 2.24) is 15.3 Å². The van der Waals surface area contributed by atoms with E-state index in [-0.39, 0.29) is 0 Å². The minimum absolute atomic E-state index is 0.553. The van der Waals surface area contributed by atoms with Crippen LogP contribution in [0, 0.1) is 0 Å². The number of nitrogens with zero attached hydrogens (tertiary/aromatic N) is 2. The third-order valence-electron chi connectivity index (χ3n) is 2.64. The van der Waals surface area contributed by atoms with Crippen molar-refractivity contribution in [2.45, 2.75) is 37.3 Å². The highest BCUT2D eigenvalue weighted by Gasteiger charge is 2.31. The standard InChI is InChI=1S/C12H19N3O2S/c1-3-6-15-12(2,11(16)17)5-8-18-10-4-7-13-9-14-10/h4,7,9,15H,3,5-6,8H2,1-2H3,(H,16,17). The summed E-state index contributed by atoms with van der Waals surface area (Å²) in [7, 11) is 0. The fourth-order valence-corrected chi connectivity index (χ4v) is 2.39. The molecule has 18 heavy (non-hydrogen) atoms. The van der Waals surface area contributed by atoms with Gasteiger partial charge in [0, 0.05) is 11.9 Å². The highest BCUT2D eigenvalue weighted by molar-refractivity contribution is 7.99. The summed E-state index contributed by atoms with van der Waals surface area (Å²) in [5, 5.41) is 13.2. The highest BCUT2D eigenvalue weighted by Crippen LogP contribution is 2.19. The van der Waals surface area contributed by atoms with Crippen molar-refractivity contribution >= 4 is 17.7 Å². The number of aliphatic carboxylic acids is 1. The predicted molar refractivity (Wildman–Crippen MR) is 71.7 cm³/mol. The maximum Gasteiger partial charge on any atom is 0.323 e. The van der Waals surface area contributed by atoms with E-state index >= 15 is 0 Å². The van der Waals surface area contributed by atoms with Gasteiger partial charge >= 0.3 is 5.97 Å². The van der Waals surface area contributed by atoms with Crippen molar-refractivity contribution in [2.75, 3.05) is 12.3 Å². The van der Waals surface area contributed by atoms with Gasteiger partial charge in [-0.05, 0) is 32.4 Å². The quantitative estimate of drug-likeness (QED) is 0.553. The van der Waals surface area contributed by atoms with Crippen LogP contribution in [0.25, 0.3) is 0 Å². The summed E-state index contributed by atoms with van der Waals surface area (Å²) in [6.07, 6.45) is 4.65. The predicted octanol–water partition coefficient (Wildman–Crippen LogP) is 1.80. The molecular weight excluding hydrogens is 250 g/mol. The van der Waals surface area contributed by atoms with E-state index in [1.165, 1.54) is 6.33 Å². The minimum Gasteiger partial charge on any atom is -0.480 e. The van der Waals surface area contributed by atoms with E-state index < -0.39 is 11.5 Å². The van der Waals surface area contributed by atoms with Crippen LogP contribution in [0.4, 0.5) is 0 Å². The molecule has 0 saturated carbocycles. The lowest BCUT2D eigenvalue weighted by Gasteiger charge is -2.25. The molecule has 0 saturated heterocycles. The van der Waals surface area contributed by atoms with Crippen LogP contribution in [0.3, 0.4) is 0 Å². The van der Waals surface area contributed by atoms with Crippen LogP contribution in [0.1, 0.15) is 26.7 Å². The second kappa shape index (κ2) is 7.33. The topological polar surface area (TPSA) is 75.1 Å². The number of carboxylic acids is 1. The molecule has 1 atom stereocenters. The third kappa shape index (κ3) is 4.62. The molecule has 0 fully saturated rings. The average molecular weight is 269 g/mol. The summed E-state index contributed by atoms with van der Waals surface area (Å²) >= 11 is 1.54. The zero-order valence-corrected chi connectivity index (χ0v) is 11.5. The van der Waals surface area contributed by atoms with Gasteiger partial charge in [-0.25, -0.2) is 9.97 Å². The second-order valence-electron chi connectivity index (χ2n) is 4.21. The Kier molecular flexibility index (Phi) is 6.07. The average Bonchev–Trinajstić information content (AvgIpc) is 2.37. The van der Waals surface area contributed by atoms with E-state index in [9.17, 15) is 9.90 Å². The van der Waals surface area contributed by atoms with Crippen LogP contribution >= 0.6 is 11.8 Å². The molecule has 0 amide bonds. The van der Waals surface area contributed by atoms with Crippen molar-refractivity contribution in [1.29, 1.82) is 0 Å². The molecule has 2 N–H and O–H groups in total. The van der Waals surface area contributed by atoms with Crippen LogP contribution < -0.4 is 5.32 Å². The highest BCUT2D eigenvalue weighted by atomic mass is 32.2. The molecular formula is C12H19N3O2S. The van der Waals surface area contributed by atoms with Gasteiger partial charge in [0.2, 0.25) is 0 Å². The number of rotatable bonds is 8. The Hall–Kier alpha value is -1.14. The molecule has 1 unspecified atom stereocenters. The Morgan fingerprint density at radius 3 is 2.94 bits per heavy atom. The first-order valence-corrected chi connectivity index (χ1v) is 6.94. The molecule has 1 heterocycles. The Balaban J connectivity index is 2.45. The molecule has 0 aliphatic rings. The van der Waals surface area contributed by atoms with Gasteiger partial charge in [0.05, 0.1) is 5.03 Å². The number of thioether (sulfide) groups is 1. The van der Waals surface area contributed by atoms with Crippen molar-refractivity contribution < 1.29 is 9.90 Å². The molecule has 100 valence electrons. The van der Waals surface area contributed by atoms with E-state index in [0.717, 1.165) is 11.4 Å². The molecule has 1 aromatic rings. The minimum atomic E-state index is -0.865. The van der Waals surface area contributed by atoms with Crippen LogP contribution in [0.5, 0.6) is 0 Å². The van der Waals surface area contributed by atoms with Gasteiger partial charge in [0.1, 0.15) is 11.9 Å². The summed E-state index contributed by atoms with van der Waals surface area (Å²) in [5.74, 6) is -0.101. The molecule has 0 aromatic carbocycles. The first kappa shape index (κ1) is 14.9. The third-order valence-corrected chi connectivity index (χ3v) is 3.59. The van der Waals surface area contributed by atoms with Crippen molar-refractivity contribution in [3.05, 3.63) is 18.6 Å². The van der Waals surface area contributed by atoms with Gasteiger partial charge in [-0.15, -0.1) is 11.8 Å². The van der Waals surface area contributed by atoms with Gasteiger partial charge in [-0.3, -0.25) is 4.79 Å². The first-order valence-electron chi connectivity index (χ1n) is 5.95. The number of carboxylic acid groups (broad SMARTS) is 1. The van der Waals surface area contributed by atoms with Crippen LogP contribution in [-0.4, -0.2) is 38.9 Å². The lowest BCUT2D eigenvalue weighted by molar-refractivity contribution is -0.144. The maximum absolute atomic E-state index is 11.3. The fourth-order valence-electron chi connectivity index (χ4n) is 1.40. The molecule has 0 spiro atoms. The lowest BCUT2D eigenvalue weighted by atomic mass is 9.99. The van der Waals surface area contributed by atoms with Crippen molar-refractivity contribution in [3.8, 4) is 0 Å². The fraction of sp³-hybridized carbons (Fsp3) is 0.583. The van der Waals surface area contributed by atoms with Crippen molar-refractivity contribution in [3.63, 3.8) is 0 Å². The van der Waals surface area contributed by atoms with Gasteiger partial charge in [0.15, 0.2) is 0 Å². The van der Waals surface area contributed by atoms with Crippen LogP contribution in [-0.2, 0) is 4.79 Å². The summed E-state index contributed by atoms with van der Waals surface area (Å²) in [5.41, 5.74) is -0.865. The zero-order chi connectivity index (χ0) is 13.4. The van der Waals surface area contributed by atoms with Gasteiger partial charge in [-0.1, -0.05) is 6.92 Å². The lowest BCUT2D eigenvalue weighted by Crippen LogP contribution is -2.50. The Bertz CT molecular complexity index is 375. The van der Waals surface area contributed by atoms with E-state index in [4.69, 9.17) is 0 Å². The number of hydrogen-bond acceptors (Lipinski definition) is 5. The van der Waals surface area contributed by atoms with E-state index in [2.05, 4.69) is 15.3 Å². The number of nitrogens with one attached hydrogen (secondary N) is 1. The number of aromatic nitrogens is 2. The molecule has 1 aromatic heterocycles. The molecule has 0 radical (unpaired) electrons. The first-order chi connectivity index (χ1) is 8.58. The Morgan fingerprint density at radius 1 is 1.61 bits per heavy atom. The van der Waals surface area contributed by atoms with E-state index in [1.54, 1.807) is 24.9 Å². The summed E-state index contributed by atoms with van der Waals surface area (Å²) in [4.78, 5) is 19.2. The Labute approximate surface area is 111 Å². The van der Waals surface area contributed by atoms with Gasteiger partial charge in [-0.2, -0.15) is 0 Å². The normalized spacial score (nSPS) is 14.1. The maximum atomic E-state index is 11.3. The van der Waals surface area contributed by atoms with E-state index in [1.807, 2.05) is 13.0 Å². The monoisotopic (exact) mass is 269 g/mol. The second-order valence-corrected chi connectivity index (χ2v) is 5.33. The summed E-state index contributed by atoms with van der Waals surface area (Å²) in [6.45, 7) is 4.46. The van der Waals surface area contributed by atoms with Crippen LogP contribution in [0.15, 0.2) is 23.6 Å². The molecule has 5 nitrogen and oxygen atoms in total. The SMILES string of the molecule is CCCNC(C)(CCSc1ccncn1)C(=O)O. The van der Waals surface area contributed by atoms with Gasteiger partial charge in [0.25, 0.3) is 0 Å². The summed E-state index contributed by atoms with van der Waals surface area (Å²) < 4.78 is 0. The zero-order valence-electron chi connectivity index (χ0n) is 10.7. The molecule has 0 aliphatic heterocycles. The molecule has 0 bridgehead atoms. The van der Waals surface area contributed by atoms with Crippen molar-refractivity contribution in [2.24, 2.45) is 0 Å². The van der Waals surface area contributed by atoms with E-state index in [0.29, 0.717) is 18.7 Å². The smallest absolute Gasteiger partial charge is 0.323 e. The number of carbonyl (C=O) groups is 1. The number of hydrogen-bond donors (Lipinski definition) is 2. The summed E-state index contributed by atoms with van der Waals surface area (Å²) in [6, 6.07) is 1.82.